The van der Waals surface area contributed by atoms with Crippen LogP contribution in [0.4, 0.5) is 0 Å². The van der Waals surface area contributed by atoms with E-state index in [2.05, 4.69) is 25.8 Å². The molecule has 0 fully saturated rings. The summed E-state index contributed by atoms with van der Waals surface area (Å²) in [7, 11) is 0. The first-order valence-corrected chi connectivity index (χ1v) is 7.34. The van der Waals surface area contributed by atoms with Crippen molar-refractivity contribution in [1.82, 2.24) is 4.98 Å². The number of fused-ring (bicyclic) bond motifs is 2. The molecule has 0 unspecified atom stereocenters. The van der Waals surface area contributed by atoms with Gasteiger partial charge in [0.05, 0.1) is 9.60 Å². The first kappa shape index (κ1) is 8.30. The molecule has 4 rings (SSSR count). The quantitative estimate of drug-likeness (QED) is 0.434. The van der Waals surface area contributed by atoms with Crippen molar-refractivity contribution in [2.24, 2.45) is 0 Å². The molecule has 0 radical (unpaired) electrons. The van der Waals surface area contributed by atoms with Gasteiger partial charge in [-0.2, -0.15) is 0 Å². The lowest BCUT2D eigenvalue weighted by molar-refractivity contribution is 0.590. The van der Waals surface area contributed by atoms with E-state index in [1.807, 2.05) is 12.1 Å². The van der Waals surface area contributed by atoms with Crippen LogP contribution in [-0.4, -0.2) is 4.98 Å². The van der Waals surface area contributed by atoms with Gasteiger partial charge >= 0.3 is 0 Å². The van der Waals surface area contributed by atoms with E-state index in [-0.39, 0.29) is 39.7 Å². The van der Waals surface area contributed by atoms with Crippen LogP contribution in [0.1, 0.15) is 35.9 Å². The minimum atomic E-state index is -0.489. The fourth-order valence-electron chi connectivity index (χ4n) is 2.47. The van der Waals surface area contributed by atoms with Gasteiger partial charge in [-0.1, -0.05) is 63.1 Å². The Bertz CT molecular complexity index is 1340. The molecule has 0 spiro atoms. The Hall–Kier alpha value is -2.61. The van der Waals surface area contributed by atoms with Gasteiger partial charge in [0.2, 0.25) is 5.89 Å². The molecular formula is C21H19NO. The number of hydrogen-bond acceptors (Lipinski definition) is 2. The maximum absolute atomic E-state index is 8.40. The van der Waals surface area contributed by atoms with Gasteiger partial charge in [-0.05, 0) is 39.9 Å². The fraction of sp³-hybridized carbons (Fsp3) is 0.190. The summed E-state index contributed by atoms with van der Waals surface area (Å²) in [6, 6.07) is 2.58. The first-order chi connectivity index (χ1) is 13.9. The molecule has 2 heteroatoms. The van der Waals surface area contributed by atoms with Crippen LogP contribution in [0.3, 0.4) is 0 Å². The topological polar surface area (TPSA) is 26.0 Å². The van der Waals surface area contributed by atoms with E-state index in [0.717, 1.165) is 5.56 Å². The van der Waals surface area contributed by atoms with E-state index < -0.39 is 30.2 Å². The lowest BCUT2D eigenvalue weighted by Crippen LogP contribution is -2.10. The zero-order valence-electron chi connectivity index (χ0n) is 20.1. The van der Waals surface area contributed by atoms with Crippen molar-refractivity contribution in [1.29, 1.82) is 0 Å². The standard InChI is InChI=1S/C21H19NO/c1-21(2,3)15-11-12-19-18(13-15)22-20(23-19)17-10-6-8-14-7-4-5-9-16(14)17/h4-13H,1-3H3/i4D,5D,6D,7D,8D,9D,10D. The highest BCUT2D eigenvalue weighted by Crippen LogP contribution is 2.32. The van der Waals surface area contributed by atoms with Gasteiger partial charge in [0, 0.05) is 5.56 Å². The molecule has 0 saturated carbocycles. The third-order valence-corrected chi connectivity index (χ3v) is 3.78. The summed E-state index contributed by atoms with van der Waals surface area (Å²) in [5.74, 6) is -0.00964. The Morgan fingerprint density at radius 3 is 2.61 bits per heavy atom. The van der Waals surface area contributed by atoms with Crippen LogP contribution in [0.2, 0.25) is 0 Å². The van der Waals surface area contributed by atoms with Crippen molar-refractivity contribution in [3.8, 4) is 11.5 Å². The Balaban J connectivity index is 2.13. The van der Waals surface area contributed by atoms with E-state index in [1.165, 1.54) is 0 Å². The summed E-state index contributed by atoms with van der Waals surface area (Å²) in [6.07, 6.45) is 0. The van der Waals surface area contributed by atoms with Crippen LogP contribution < -0.4 is 0 Å². The predicted octanol–water partition coefficient (Wildman–Crippen LogP) is 5.95. The molecule has 4 aromatic rings. The monoisotopic (exact) mass is 308 g/mol. The number of hydrogen-bond donors (Lipinski definition) is 0. The highest BCUT2D eigenvalue weighted by Gasteiger charge is 2.16. The third-order valence-electron chi connectivity index (χ3n) is 3.78. The molecule has 0 bridgehead atoms. The van der Waals surface area contributed by atoms with Crippen LogP contribution in [0, 0.1) is 0 Å². The van der Waals surface area contributed by atoms with Crippen molar-refractivity contribution in [3.05, 3.63) is 66.1 Å². The summed E-state index contributed by atoms with van der Waals surface area (Å²) in [5.41, 5.74) is 1.93. The smallest absolute Gasteiger partial charge is 0.227 e. The molecule has 0 aliphatic carbocycles. The molecular weight excluding hydrogens is 282 g/mol. The Labute approximate surface area is 145 Å². The van der Waals surface area contributed by atoms with Crippen LogP contribution in [0.25, 0.3) is 33.3 Å². The molecule has 0 saturated heterocycles. The molecule has 0 aliphatic rings. The Kier molecular flexibility index (Phi) is 1.79. The normalized spacial score (nSPS) is 16.4. The second-order valence-electron chi connectivity index (χ2n) is 6.45. The van der Waals surface area contributed by atoms with Crippen molar-refractivity contribution < 1.29 is 14.0 Å². The molecule has 3 aromatic carbocycles. The van der Waals surface area contributed by atoms with Gasteiger partial charge in [-0.3, -0.25) is 0 Å². The average molecular weight is 308 g/mol. The van der Waals surface area contributed by atoms with Gasteiger partial charge in [0.25, 0.3) is 0 Å². The van der Waals surface area contributed by atoms with Gasteiger partial charge in [-0.25, -0.2) is 4.98 Å². The zero-order chi connectivity index (χ0) is 22.1. The van der Waals surface area contributed by atoms with E-state index in [4.69, 9.17) is 14.0 Å². The zero-order valence-corrected chi connectivity index (χ0v) is 13.1. The van der Waals surface area contributed by atoms with Crippen LogP contribution in [0.15, 0.2) is 64.9 Å². The van der Waals surface area contributed by atoms with Crippen LogP contribution >= 0.6 is 0 Å². The van der Waals surface area contributed by atoms with E-state index >= 15 is 0 Å². The maximum atomic E-state index is 8.40. The highest BCUT2D eigenvalue weighted by molar-refractivity contribution is 5.95. The third kappa shape index (κ3) is 2.40. The van der Waals surface area contributed by atoms with Crippen LogP contribution in [-0.2, 0) is 5.41 Å². The van der Waals surface area contributed by atoms with Crippen molar-refractivity contribution in [2.45, 2.75) is 26.2 Å². The van der Waals surface area contributed by atoms with Crippen molar-refractivity contribution in [2.75, 3.05) is 0 Å². The largest absolute Gasteiger partial charge is 0.436 e. The van der Waals surface area contributed by atoms with E-state index in [0.29, 0.717) is 11.1 Å². The summed E-state index contributed by atoms with van der Waals surface area (Å²) in [4.78, 5) is 4.48. The molecule has 114 valence electrons. The predicted molar refractivity (Wildman–Crippen MR) is 95.7 cm³/mol. The molecule has 0 aliphatic heterocycles. The van der Waals surface area contributed by atoms with Crippen LogP contribution in [0.5, 0.6) is 0 Å². The minimum absolute atomic E-state index is 0.00786. The average Bonchev–Trinajstić information content (AvgIpc) is 3.10. The Morgan fingerprint density at radius 1 is 1.00 bits per heavy atom. The second kappa shape index (κ2) is 4.95. The fourth-order valence-corrected chi connectivity index (χ4v) is 2.47. The SMILES string of the molecule is [2H]c1c([2H])c([2H])c2c(-c3nc4cc(C(C)(C)C)ccc4o3)c([2H])c([2H])c([2H])c2c1[2H]. The maximum Gasteiger partial charge on any atom is 0.227 e. The van der Waals surface area contributed by atoms with E-state index in [9.17, 15) is 0 Å². The number of rotatable bonds is 1. The summed E-state index contributed by atoms with van der Waals surface area (Å²) < 4.78 is 63.0. The number of benzene rings is 3. The molecule has 0 N–H and O–H groups in total. The van der Waals surface area contributed by atoms with Crippen molar-refractivity contribution in [3.63, 3.8) is 0 Å². The van der Waals surface area contributed by atoms with Gasteiger partial charge in [0.15, 0.2) is 5.58 Å². The Morgan fingerprint density at radius 2 is 1.78 bits per heavy atom. The van der Waals surface area contributed by atoms with Gasteiger partial charge in [0.1, 0.15) is 5.52 Å². The summed E-state index contributed by atoms with van der Waals surface area (Å²) in [5, 5.41) is -0.149. The van der Waals surface area contributed by atoms with Crippen molar-refractivity contribution >= 4 is 21.9 Å². The second-order valence-corrected chi connectivity index (χ2v) is 6.45. The lowest BCUT2D eigenvalue weighted by Gasteiger charge is -2.18. The summed E-state index contributed by atoms with van der Waals surface area (Å²) >= 11 is 0. The van der Waals surface area contributed by atoms with Gasteiger partial charge in [-0.15, -0.1) is 0 Å². The minimum Gasteiger partial charge on any atom is -0.436 e. The lowest BCUT2D eigenvalue weighted by atomic mass is 9.87. The molecule has 0 atom stereocenters. The molecule has 23 heavy (non-hydrogen) atoms. The number of oxazole rings is 1. The number of aromatic nitrogens is 1. The molecule has 1 aromatic heterocycles. The van der Waals surface area contributed by atoms with Gasteiger partial charge < -0.3 is 4.42 Å². The highest BCUT2D eigenvalue weighted by atomic mass is 16.3. The molecule has 2 nitrogen and oxygen atoms in total. The van der Waals surface area contributed by atoms with E-state index in [1.54, 1.807) is 6.07 Å². The summed E-state index contributed by atoms with van der Waals surface area (Å²) in [6.45, 7) is 6.21. The number of nitrogens with zero attached hydrogens (tertiary/aromatic N) is 1. The first-order valence-electron chi connectivity index (χ1n) is 10.8. The molecule has 0 amide bonds. The molecule has 1 heterocycles.